The molecule has 2 fully saturated rings. The molecule has 12 nitrogen and oxygen atoms in total. The molecule has 1 saturated carbocycles. The first-order chi connectivity index (χ1) is 16.3. The zero-order valence-electron chi connectivity index (χ0n) is 18.8. The number of aliphatic hydroxyl groups excluding tert-OH is 2. The molecule has 7 N–H and O–H groups in total. The van der Waals surface area contributed by atoms with Crippen LogP contribution in [0, 0.1) is 23.7 Å². The van der Waals surface area contributed by atoms with E-state index in [-0.39, 0.29) is 29.1 Å². The van der Waals surface area contributed by atoms with Crippen LogP contribution >= 0.6 is 0 Å². The summed E-state index contributed by atoms with van der Waals surface area (Å²) in [5.41, 5.74) is 12.0. The molecule has 1 aliphatic heterocycles. The number of hydrogen-bond acceptors (Lipinski definition) is 9. The van der Waals surface area contributed by atoms with E-state index in [9.17, 15) is 19.8 Å². The molecule has 0 aromatic carbocycles. The topological polar surface area (TPSA) is 192 Å². The van der Waals surface area contributed by atoms with E-state index in [1.807, 2.05) is 0 Å². The van der Waals surface area contributed by atoms with Crippen molar-refractivity contribution in [3.63, 3.8) is 0 Å². The molecule has 1 saturated heterocycles. The second kappa shape index (κ2) is 9.92. The first-order valence-corrected chi connectivity index (χ1v) is 11.4. The molecule has 1 aliphatic carbocycles. The highest BCUT2D eigenvalue weighted by Crippen LogP contribution is 2.32. The van der Waals surface area contributed by atoms with Gasteiger partial charge in [0.25, 0.3) is 5.91 Å². The number of carbonyl (C=O) groups is 2. The van der Waals surface area contributed by atoms with E-state index >= 15 is 0 Å². The van der Waals surface area contributed by atoms with Gasteiger partial charge >= 0.3 is 0 Å². The Morgan fingerprint density at radius 3 is 2.65 bits per heavy atom. The highest BCUT2D eigenvalue weighted by molar-refractivity contribution is 5.83. The molecule has 0 bridgehead atoms. The third kappa shape index (κ3) is 4.68. The van der Waals surface area contributed by atoms with Gasteiger partial charge in [0.2, 0.25) is 11.7 Å². The zero-order valence-corrected chi connectivity index (χ0v) is 18.8. The smallest absolute Gasteiger partial charge is 0.252 e. The second-order valence-corrected chi connectivity index (χ2v) is 8.71. The van der Waals surface area contributed by atoms with Gasteiger partial charge in [0, 0.05) is 18.9 Å². The molecule has 2 aromatic heterocycles. The van der Waals surface area contributed by atoms with Gasteiger partial charge in [-0.25, -0.2) is 15.0 Å². The van der Waals surface area contributed by atoms with Crippen LogP contribution in [0.4, 0.5) is 5.82 Å². The average Bonchev–Trinajstić information content (AvgIpc) is 3.36. The van der Waals surface area contributed by atoms with Crippen molar-refractivity contribution in [2.45, 2.75) is 63.6 Å². The van der Waals surface area contributed by atoms with Crippen molar-refractivity contribution < 1.29 is 24.5 Å². The molecular formula is C22H29N7O5. The number of nitrogen functional groups attached to an aromatic ring is 1. The third-order valence-corrected chi connectivity index (χ3v) is 6.41. The van der Waals surface area contributed by atoms with Gasteiger partial charge in [0.15, 0.2) is 23.8 Å². The number of imidazole rings is 1. The molecule has 0 radical (unpaired) electrons. The number of anilines is 1. The maximum Gasteiger partial charge on any atom is 0.252 e. The Kier molecular flexibility index (Phi) is 6.97. The van der Waals surface area contributed by atoms with Gasteiger partial charge in [-0.15, -0.1) is 0 Å². The third-order valence-electron chi connectivity index (χ3n) is 6.41. The fraction of sp³-hybridized carbons (Fsp3) is 0.591. The number of nitrogens with zero attached hydrogens (tertiary/aromatic N) is 4. The lowest BCUT2D eigenvalue weighted by Crippen LogP contribution is -2.42. The number of aliphatic hydroxyl groups is 2. The predicted molar refractivity (Wildman–Crippen MR) is 120 cm³/mol. The summed E-state index contributed by atoms with van der Waals surface area (Å²) in [6.45, 7) is 2.10. The summed E-state index contributed by atoms with van der Waals surface area (Å²) in [5.74, 6) is 5.89. The minimum Gasteiger partial charge on any atom is -0.387 e. The lowest BCUT2D eigenvalue weighted by Gasteiger charge is -2.25. The summed E-state index contributed by atoms with van der Waals surface area (Å²) in [6.07, 6.45) is 0.215. The van der Waals surface area contributed by atoms with Crippen LogP contribution in [0.3, 0.4) is 0 Å². The normalized spacial score (nSPS) is 28.9. The summed E-state index contributed by atoms with van der Waals surface area (Å²) < 4.78 is 7.07. The van der Waals surface area contributed by atoms with E-state index in [4.69, 9.17) is 16.2 Å². The van der Waals surface area contributed by atoms with Crippen LogP contribution in [0.1, 0.15) is 51.1 Å². The number of fused-ring (bicyclic) bond motifs is 1. The minimum atomic E-state index is -1.42. The molecule has 2 amide bonds. The van der Waals surface area contributed by atoms with E-state index in [1.165, 1.54) is 10.9 Å². The molecule has 34 heavy (non-hydrogen) atoms. The Bertz CT molecular complexity index is 1130. The Labute approximate surface area is 196 Å². The highest BCUT2D eigenvalue weighted by Gasteiger charge is 2.47. The van der Waals surface area contributed by atoms with Crippen molar-refractivity contribution in [2.24, 2.45) is 17.6 Å². The first-order valence-electron chi connectivity index (χ1n) is 11.4. The number of primary amides is 1. The number of nitrogens with two attached hydrogens (primary N) is 2. The number of carbonyl (C=O) groups excluding carboxylic acids is 2. The molecule has 4 atom stereocenters. The second-order valence-electron chi connectivity index (χ2n) is 8.71. The van der Waals surface area contributed by atoms with Crippen LogP contribution in [-0.4, -0.2) is 66.4 Å². The van der Waals surface area contributed by atoms with Gasteiger partial charge in [0.05, 0.1) is 6.33 Å². The largest absolute Gasteiger partial charge is 0.387 e. The van der Waals surface area contributed by atoms with E-state index in [2.05, 4.69) is 32.1 Å². The summed E-state index contributed by atoms with van der Waals surface area (Å²) in [5, 5.41) is 23.4. The van der Waals surface area contributed by atoms with E-state index in [0.717, 1.165) is 25.7 Å². The summed E-state index contributed by atoms with van der Waals surface area (Å²) in [4.78, 5) is 36.3. The Balaban J connectivity index is 1.52. The van der Waals surface area contributed by atoms with Gasteiger partial charge in [0.1, 0.15) is 17.7 Å². The number of ether oxygens (including phenoxy) is 1. The Morgan fingerprint density at radius 1 is 1.24 bits per heavy atom. The van der Waals surface area contributed by atoms with Gasteiger partial charge in [-0.2, -0.15) is 0 Å². The van der Waals surface area contributed by atoms with Gasteiger partial charge in [-0.1, -0.05) is 5.92 Å². The molecule has 12 heteroatoms. The lowest BCUT2D eigenvalue weighted by molar-refractivity contribution is -0.137. The number of hydrogen-bond donors (Lipinski definition) is 5. The molecule has 0 spiro atoms. The lowest BCUT2D eigenvalue weighted by atomic mass is 9.80. The minimum absolute atomic E-state index is 0.0469. The SMILES string of the molecule is CCNC(=O)[C@H]1O[C@@H](n2cnc3c(N)nc(C#CCC4CCC(C(N)=O)CC4)nc32)C(O)C1O. The average molecular weight is 472 g/mol. The van der Waals surface area contributed by atoms with Crippen molar-refractivity contribution in [1.82, 2.24) is 24.8 Å². The Hall–Kier alpha value is -3.27. The molecule has 2 aliphatic rings. The molecule has 3 heterocycles. The van der Waals surface area contributed by atoms with Gasteiger partial charge in [-0.3, -0.25) is 14.2 Å². The maximum atomic E-state index is 12.2. The van der Waals surface area contributed by atoms with Crippen molar-refractivity contribution >= 4 is 28.8 Å². The molecule has 182 valence electrons. The monoisotopic (exact) mass is 471 g/mol. The zero-order chi connectivity index (χ0) is 24.4. The van der Waals surface area contributed by atoms with Crippen LogP contribution in [-0.2, 0) is 14.3 Å². The van der Waals surface area contributed by atoms with E-state index in [0.29, 0.717) is 24.4 Å². The summed E-state index contributed by atoms with van der Waals surface area (Å²) in [6, 6.07) is 0. The predicted octanol–water partition coefficient (Wildman–Crippen LogP) is -0.803. The Morgan fingerprint density at radius 2 is 1.97 bits per heavy atom. The van der Waals surface area contributed by atoms with E-state index < -0.39 is 30.4 Å². The van der Waals surface area contributed by atoms with Crippen molar-refractivity contribution in [3.8, 4) is 11.8 Å². The molecular weight excluding hydrogens is 442 g/mol. The van der Waals surface area contributed by atoms with Crippen LogP contribution < -0.4 is 16.8 Å². The van der Waals surface area contributed by atoms with Crippen LogP contribution in [0.15, 0.2) is 6.33 Å². The number of nitrogens with one attached hydrogen (secondary N) is 1. The molecule has 4 rings (SSSR count). The maximum absolute atomic E-state index is 12.2. The molecule has 2 unspecified atom stereocenters. The number of amides is 2. The number of rotatable bonds is 5. The first kappa shape index (κ1) is 23.9. The van der Waals surface area contributed by atoms with Crippen LogP contribution in [0.25, 0.3) is 11.2 Å². The molecule has 2 aromatic rings. The summed E-state index contributed by atoms with van der Waals surface area (Å²) in [7, 11) is 0. The van der Waals surface area contributed by atoms with Crippen LogP contribution in [0.2, 0.25) is 0 Å². The fourth-order valence-electron chi connectivity index (χ4n) is 4.49. The van der Waals surface area contributed by atoms with Crippen molar-refractivity contribution in [3.05, 3.63) is 12.2 Å². The number of aromatic nitrogens is 4. The highest BCUT2D eigenvalue weighted by atomic mass is 16.6. The van der Waals surface area contributed by atoms with Crippen molar-refractivity contribution in [1.29, 1.82) is 0 Å². The van der Waals surface area contributed by atoms with Crippen molar-refractivity contribution in [2.75, 3.05) is 12.3 Å². The quantitative estimate of drug-likeness (QED) is 0.347. The van der Waals surface area contributed by atoms with E-state index in [1.54, 1.807) is 6.92 Å². The number of likely N-dealkylation sites (N-methyl/N-ethyl adjacent to an activating group) is 1. The van der Waals surface area contributed by atoms with Gasteiger partial charge < -0.3 is 31.7 Å². The van der Waals surface area contributed by atoms with Gasteiger partial charge in [-0.05, 0) is 44.4 Å². The fourth-order valence-corrected chi connectivity index (χ4v) is 4.49. The standard InChI is InChI=1S/C22H29N7O5/c1-2-25-21(33)17-15(30)16(31)22(34-17)29-10-26-14-18(23)27-13(28-20(14)29)5-3-4-11-6-8-12(9-7-11)19(24)32/h10-12,15-17,22,30-31H,2,4,6-9H2,1H3,(H2,24,32)(H,25,33)(H2,23,27,28)/t11?,12?,15?,16?,17-,22+/m0/s1. The summed E-state index contributed by atoms with van der Waals surface area (Å²) >= 11 is 0. The van der Waals surface area contributed by atoms with Crippen LogP contribution in [0.5, 0.6) is 0 Å².